The average molecular weight is 252 g/mol. The normalized spacial score (nSPS) is 31.6. The zero-order chi connectivity index (χ0) is 13.1. The first-order chi connectivity index (χ1) is 8.63. The summed E-state index contributed by atoms with van der Waals surface area (Å²) in [5.74, 6) is 2.11. The number of rotatable bonds is 3. The van der Waals surface area contributed by atoms with E-state index in [1.807, 2.05) is 4.90 Å². The molecule has 104 valence electrons. The molecule has 2 fully saturated rings. The van der Waals surface area contributed by atoms with E-state index in [1.54, 1.807) is 0 Å². The molecule has 0 radical (unpaired) electrons. The van der Waals surface area contributed by atoms with E-state index in [4.69, 9.17) is 5.73 Å². The number of nitrogens with zero attached hydrogens (tertiary/aromatic N) is 1. The first kappa shape index (κ1) is 13.9. The van der Waals surface area contributed by atoms with E-state index in [9.17, 15) is 4.79 Å². The zero-order valence-corrected chi connectivity index (χ0v) is 11.9. The van der Waals surface area contributed by atoms with Gasteiger partial charge in [0.1, 0.15) is 0 Å². The minimum atomic E-state index is -0.296. The van der Waals surface area contributed by atoms with Gasteiger partial charge in [-0.3, -0.25) is 4.79 Å². The summed E-state index contributed by atoms with van der Waals surface area (Å²) in [6.07, 6.45) is 7.61. The van der Waals surface area contributed by atoms with E-state index in [-0.39, 0.29) is 11.9 Å². The molecule has 2 aliphatic rings. The van der Waals surface area contributed by atoms with Crippen LogP contribution < -0.4 is 5.73 Å². The van der Waals surface area contributed by atoms with Crippen molar-refractivity contribution in [1.29, 1.82) is 0 Å². The molecular formula is C15H28N2O. The molecule has 1 saturated carbocycles. The molecule has 2 N–H and O–H groups in total. The molecule has 0 spiro atoms. The molecule has 4 unspecified atom stereocenters. The second-order valence-corrected chi connectivity index (χ2v) is 6.29. The Balaban J connectivity index is 1.92. The van der Waals surface area contributed by atoms with Crippen LogP contribution >= 0.6 is 0 Å². The molecule has 1 saturated heterocycles. The third-order valence-electron chi connectivity index (χ3n) is 5.15. The Morgan fingerprint density at radius 2 is 1.94 bits per heavy atom. The molecule has 18 heavy (non-hydrogen) atoms. The molecule has 1 amide bonds. The SMILES string of the molecule is CCC(C)C(N)C(=O)N1CCC2CCCCC2C1. The number of nitrogens with two attached hydrogens (primary N) is 1. The number of carbonyl (C=O) groups excluding carboxylic acids is 1. The lowest BCUT2D eigenvalue weighted by atomic mass is 9.75. The van der Waals surface area contributed by atoms with Crippen molar-refractivity contribution in [1.82, 2.24) is 4.90 Å². The minimum Gasteiger partial charge on any atom is -0.341 e. The standard InChI is InChI=1S/C15H28N2O/c1-3-11(2)14(16)15(18)17-9-8-12-6-4-5-7-13(12)10-17/h11-14H,3-10,16H2,1-2H3. The highest BCUT2D eigenvalue weighted by Gasteiger charge is 2.35. The maximum Gasteiger partial charge on any atom is 0.239 e. The Morgan fingerprint density at radius 1 is 1.28 bits per heavy atom. The van der Waals surface area contributed by atoms with Gasteiger partial charge in [0, 0.05) is 13.1 Å². The fourth-order valence-corrected chi connectivity index (χ4v) is 3.51. The van der Waals surface area contributed by atoms with Crippen LogP contribution in [0.5, 0.6) is 0 Å². The molecule has 1 heterocycles. The van der Waals surface area contributed by atoms with Crippen molar-refractivity contribution in [3.63, 3.8) is 0 Å². The van der Waals surface area contributed by atoms with E-state index < -0.39 is 0 Å². The highest BCUT2D eigenvalue weighted by molar-refractivity contribution is 5.82. The van der Waals surface area contributed by atoms with Crippen molar-refractivity contribution in [2.75, 3.05) is 13.1 Å². The van der Waals surface area contributed by atoms with E-state index in [0.717, 1.165) is 31.3 Å². The topological polar surface area (TPSA) is 46.3 Å². The van der Waals surface area contributed by atoms with Gasteiger partial charge in [0.15, 0.2) is 0 Å². The molecular weight excluding hydrogens is 224 g/mol. The van der Waals surface area contributed by atoms with E-state index in [1.165, 1.54) is 32.1 Å². The molecule has 0 aromatic heterocycles. The first-order valence-electron chi connectivity index (χ1n) is 7.67. The van der Waals surface area contributed by atoms with Crippen LogP contribution in [0, 0.1) is 17.8 Å². The lowest BCUT2D eigenvalue weighted by molar-refractivity contribution is -0.136. The third kappa shape index (κ3) is 2.87. The Bertz CT molecular complexity index is 292. The predicted molar refractivity (Wildman–Crippen MR) is 74.1 cm³/mol. The monoisotopic (exact) mass is 252 g/mol. The van der Waals surface area contributed by atoms with Crippen molar-refractivity contribution >= 4 is 5.91 Å². The number of hydrogen-bond acceptors (Lipinski definition) is 2. The van der Waals surface area contributed by atoms with Gasteiger partial charge in [-0.2, -0.15) is 0 Å². The largest absolute Gasteiger partial charge is 0.341 e. The molecule has 2 rings (SSSR count). The molecule has 0 bridgehead atoms. The van der Waals surface area contributed by atoms with E-state index >= 15 is 0 Å². The van der Waals surface area contributed by atoms with Crippen LogP contribution in [0.15, 0.2) is 0 Å². The summed E-state index contributed by atoms with van der Waals surface area (Å²) >= 11 is 0. The number of amides is 1. The Morgan fingerprint density at radius 3 is 2.61 bits per heavy atom. The summed E-state index contributed by atoms with van der Waals surface area (Å²) in [5.41, 5.74) is 6.08. The molecule has 3 nitrogen and oxygen atoms in total. The van der Waals surface area contributed by atoms with Crippen molar-refractivity contribution in [3.05, 3.63) is 0 Å². The smallest absolute Gasteiger partial charge is 0.239 e. The van der Waals surface area contributed by atoms with Gasteiger partial charge in [0.05, 0.1) is 6.04 Å². The third-order valence-corrected chi connectivity index (χ3v) is 5.15. The fraction of sp³-hybridized carbons (Fsp3) is 0.933. The van der Waals surface area contributed by atoms with Gasteiger partial charge in [-0.1, -0.05) is 39.5 Å². The molecule has 4 atom stereocenters. The second-order valence-electron chi connectivity index (χ2n) is 6.29. The molecule has 3 heteroatoms. The van der Waals surface area contributed by atoms with Crippen molar-refractivity contribution < 1.29 is 4.79 Å². The lowest BCUT2D eigenvalue weighted by Gasteiger charge is -2.42. The van der Waals surface area contributed by atoms with Crippen LogP contribution in [0.4, 0.5) is 0 Å². The summed E-state index contributed by atoms with van der Waals surface area (Å²) in [6.45, 7) is 6.08. The van der Waals surface area contributed by atoms with E-state index in [2.05, 4.69) is 13.8 Å². The van der Waals surface area contributed by atoms with Gasteiger partial charge < -0.3 is 10.6 Å². The zero-order valence-electron chi connectivity index (χ0n) is 11.9. The van der Waals surface area contributed by atoms with Crippen molar-refractivity contribution in [2.45, 2.75) is 58.4 Å². The second kappa shape index (κ2) is 6.05. The number of hydrogen-bond donors (Lipinski definition) is 1. The van der Waals surface area contributed by atoms with Crippen LogP contribution in [0.2, 0.25) is 0 Å². The van der Waals surface area contributed by atoms with Crippen LogP contribution in [0.25, 0.3) is 0 Å². The van der Waals surface area contributed by atoms with Gasteiger partial charge in [0.2, 0.25) is 5.91 Å². The quantitative estimate of drug-likeness (QED) is 0.838. The number of carbonyl (C=O) groups is 1. The van der Waals surface area contributed by atoms with Gasteiger partial charge in [0.25, 0.3) is 0 Å². The van der Waals surface area contributed by atoms with Crippen LogP contribution in [0.1, 0.15) is 52.4 Å². The molecule has 0 aromatic carbocycles. The van der Waals surface area contributed by atoms with Gasteiger partial charge >= 0.3 is 0 Å². The highest BCUT2D eigenvalue weighted by Crippen LogP contribution is 2.36. The Hall–Kier alpha value is -0.570. The maximum absolute atomic E-state index is 12.4. The average Bonchev–Trinajstić information content (AvgIpc) is 2.44. The first-order valence-corrected chi connectivity index (χ1v) is 7.67. The molecule has 1 aliphatic carbocycles. The van der Waals surface area contributed by atoms with Crippen LogP contribution in [-0.4, -0.2) is 29.9 Å². The number of likely N-dealkylation sites (tertiary alicyclic amines) is 1. The molecule has 1 aliphatic heterocycles. The van der Waals surface area contributed by atoms with Gasteiger partial charge in [-0.25, -0.2) is 0 Å². The Kier molecular flexibility index (Phi) is 4.66. The minimum absolute atomic E-state index is 0.188. The predicted octanol–water partition coefficient (Wildman–Crippen LogP) is 2.40. The van der Waals surface area contributed by atoms with E-state index in [0.29, 0.717) is 5.92 Å². The number of piperidine rings is 1. The fourth-order valence-electron chi connectivity index (χ4n) is 3.51. The Labute approximate surface area is 111 Å². The summed E-state index contributed by atoms with van der Waals surface area (Å²) in [6, 6.07) is -0.296. The summed E-state index contributed by atoms with van der Waals surface area (Å²) < 4.78 is 0. The summed E-state index contributed by atoms with van der Waals surface area (Å²) in [7, 11) is 0. The van der Waals surface area contributed by atoms with Gasteiger partial charge in [-0.15, -0.1) is 0 Å². The van der Waals surface area contributed by atoms with Crippen molar-refractivity contribution in [2.24, 2.45) is 23.5 Å². The van der Waals surface area contributed by atoms with Gasteiger partial charge in [-0.05, 0) is 30.6 Å². The van der Waals surface area contributed by atoms with Crippen molar-refractivity contribution in [3.8, 4) is 0 Å². The lowest BCUT2D eigenvalue weighted by Crippen LogP contribution is -2.52. The maximum atomic E-state index is 12.4. The highest BCUT2D eigenvalue weighted by atomic mass is 16.2. The number of fused-ring (bicyclic) bond motifs is 1. The molecule has 0 aromatic rings. The summed E-state index contributed by atoms with van der Waals surface area (Å²) in [4.78, 5) is 14.4. The van der Waals surface area contributed by atoms with Crippen LogP contribution in [-0.2, 0) is 4.79 Å². The summed E-state index contributed by atoms with van der Waals surface area (Å²) in [5, 5.41) is 0. The van der Waals surface area contributed by atoms with Crippen LogP contribution in [0.3, 0.4) is 0 Å².